The van der Waals surface area contributed by atoms with Crippen LogP contribution in [0.4, 0.5) is 5.82 Å². The summed E-state index contributed by atoms with van der Waals surface area (Å²) in [5.74, 6) is 0.876. The van der Waals surface area contributed by atoms with Gasteiger partial charge in [-0.25, -0.2) is 14.2 Å². The Labute approximate surface area is 151 Å². The molecule has 1 fully saturated rings. The van der Waals surface area contributed by atoms with Crippen molar-refractivity contribution in [3.8, 4) is 0 Å². The van der Waals surface area contributed by atoms with Gasteiger partial charge in [0.05, 0.1) is 17.9 Å². The third kappa shape index (κ3) is 2.67. The highest BCUT2D eigenvalue weighted by Gasteiger charge is 2.26. The molecule has 3 aromatic heterocycles. The zero-order chi connectivity index (χ0) is 17.5. The van der Waals surface area contributed by atoms with Crippen LogP contribution in [0.25, 0.3) is 5.52 Å². The molecule has 1 saturated carbocycles. The van der Waals surface area contributed by atoms with E-state index in [2.05, 4.69) is 20.5 Å². The Hall–Kier alpha value is -2.70. The van der Waals surface area contributed by atoms with Crippen LogP contribution in [0.2, 0.25) is 0 Å². The van der Waals surface area contributed by atoms with Crippen LogP contribution < -0.4 is 10.9 Å². The molecule has 0 spiro atoms. The molecule has 0 aliphatic heterocycles. The minimum absolute atomic E-state index is 0.0627. The average Bonchev–Trinajstić information content (AvgIpc) is 3.31. The zero-order valence-corrected chi connectivity index (χ0v) is 14.6. The Morgan fingerprint density at radius 1 is 1.12 bits per heavy atom. The average molecular weight is 350 g/mol. The van der Waals surface area contributed by atoms with Crippen molar-refractivity contribution in [1.29, 1.82) is 0 Å². The third-order valence-corrected chi connectivity index (χ3v) is 5.69. The summed E-state index contributed by atoms with van der Waals surface area (Å²) in [6.45, 7) is 0. The number of anilines is 1. The summed E-state index contributed by atoms with van der Waals surface area (Å²) >= 11 is 0. The van der Waals surface area contributed by atoms with Gasteiger partial charge in [-0.1, -0.05) is 0 Å². The standard InChI is InChI=1S/C19H22N6O/c26-18-12-13-2-1-3-16(13)23-25(18)15-6-4-14(5-7-15)22-19-17-8-9-21-24(17)11-10-20-19/h8-12,14-15H,1-7H2,(H,20,22). The lowest BCUT2D eigenvalue weighted by atomic mass is 9.91. The van der Waals surface area contributed by atoms with Crippen molar-refractivity contribution in [2.45, 2.75) is 57.0 Å². The molecule has 0 aromatic carbocycles. The largest absolute Gasteiger partial charge is 0.366 e. The minimum atomic E-state index is 0.0627. The number of aryl methyl sites for hydroxylation is 2. The fraction of sp³-hybridized carbons (Fsp3) is 0.474. The smallest absolute Gasteiger partial charge is 0.267 e. The molecule has 0 unspecified atom stereocenters. The number of rotatable bonds is 3. The fourth-order valence-corrected chi connectivity index (χ4v) is 4.30. The summed E-state index contributed by atoms with van der Waals surface area (Å²) < 4.78 is 3.57. The van der Waals surface area contributed by atoms with Gasteiger partial charge in [0.1, 0.15) is 5.52 Å². The van der Waals surface area contributed by atoms with E-state index in [-0.39, 0.29) is 11.6 Å². The molecule has 1 N–H and O–H groups in total. The summed E-state index contributed by atoms with van der Waals surface area (Å²) in [6.07, 6.45) is 12.5. The number of aromatic nitrogens is 5. The molecule has 26 heavy (non-hydrogen) atoms. The van der Waals surface area contributed by atoms with E-state index >= 15 is 0 Å². The Bertz CT molecular complexity index is 999. The summed E-state index contributed by atoms with van der Waals surface area (Å²) in [7, 11) is 0. The maximum Gasteiger partial charge on any atom is 0.267 e. The molecule has 2 aliphatic carbocycles. The van der Waals surface area contributed by atoms with E-state index in [0.717, 1.165) is 67.5 Å². The van der Waals surface area contributed by atoms with E-state index in [0.29, 0.717) is 6.04 Å². The van der Waals surface area contributed by atoms with Gasteiger partial charge in [0.15, 0.2) is 5.82 Å². The van der Waals surface area contributed by atoms with Gasteiger partial charge in [-0.3, -0.25) is 4.79 Å². The first-order chi connectivity index (χ1) is 12.8. The maximum absolute atomic E-state index is 12.4. The zero-order valence-electron chi connectivity index (χ0n) is 14.6. The van der Waals surface area contributed by atoms with E-state index < -0.39 is 0 Å². The van der Waals surface area contributed by atoms with Crippen molar-refractivity contribution in [2.75, 3.05) is 5.32 Å². The van der Waals surface area contributed by atoms with Gasteiger partial charge in [0, 0.05) is 24.5 Å². The Morgan fingerprint density at radius 3 is 2.88 bits per heavy atom. The summed E-state index contributed by atoms with van der Waals surface area (Å²) in [6, 6.07) is 4.36. The molecule has 0 atom stereocenters. The van der Waals surface area contributed by atoms with Gasteiger partial charge in [0.2, 0.25) is 0 Å². The summed E-state index contributed by atoms with van der Waals surface area (Å²) in [4.78, 5) is 16.9. The molecule has 7 heteroatoms. The van der Waals surface area contributed by atoms with Crippen molar-refractivity contribution in [3.05, 3.63) is 52.3 Å². The van der Waals surface area contributed by atoms with E-state index in [1.807, 2.05) is 22.8 Å². The lowest BCUT2D eigenvalue weighted by Crippen LogP contribution is -2.34. The third-order valence-electron chi connectivity index (χ3n) is 5.69. The van der Waals surface area contributed by atoms with Gasteiger partial charge in [0.25, 0.3) is 5.56 Å². The molecule has 134 valence electrons. The van der Waals surface area contributed by atoms with E-state index in [1.165, 1.54) is 0 Å². The van der Waals surface area contributed by atoms with Gasteiger partial charge in [-0.05, 0) is 56.6 Å². The van der Waals surface area contributed by atoms with Gasteiger partial charge in [-0.15, -0.1) is 0 Å². The first-order valence-electron chi connectivity index (χ1n) is 9.44. The molecule has 3 heterocycles. The van der Waals surface area contributed by atoms with Gasteiger partial charge >= 0.3 is 0 Å². The van der Waals surface area contributed by atoms with Crippen molar-refractivity contribution >= 4 is 11.3 Å². The second kappa shape index (κ2) is 6.23. The van der Waals surface area contributed by atoms with Crippen molar-refractivity contribution in [3.63, 3.8) is 0 Å². The molecule has 0 amide bonds. The molecule has 2 aliphatic rings. The molecular formula is C19H22N6O. The quantitative estimate of drug-likeness (QED) is 0.785. The number of fused-ring (bicyclic) bond motifs is 2. The van der Waals surface area contributed by atoms with Gasteiger partial charge in [-0.2, -0.15) is 10.2 Å². The lowest BCUT2D eigenvalue weighted by Gasteiger charge is -2.30. The van der Waals surface area contributed by atoms with Crippen LogP contribution in [-0.4, -0.2) is 30.4 Å². The SMILES string of the molecule is O=c1cc2c(nn1C1CCC(Nc3nccn4nccc34)CC1)CCC2. The highest BCUT2D eigenvalue weighted by Crippen LogP contribution is 2.30. The topological polar surface area (TPSA) is 77.1 Å². The van der Waals surface area contributed by atoms with Crippen LogP contribution in [0.15, 0.2) is 35.5 Å². The summed E-state index contributed by atoms with van der Waals surface area (Å²) in [5.41, 5.74) is 3.34. The highest BCUT2D eigenvalue weighted by molar-refractivity contribution is 5.67. The second-order valence-corrected chi connectivity index (χ2v) is 7.34. The fourth-order valence-electron chi connectivity index (χ4n) is 4.30. The molecule has 5 rings (SSSR count). The molecule has 3 aromatic rings. The van der Waals surface area contributed by atoms with Crippen LogP contribution in [0.3, 0.4) is 0 Å². The van der Waals surface area contributed by atoms with E-state index in [4.69, 9.17) is 0 Å². The van der Waals surface area contributed by atoms with Crippen molar-refractivity contribution < 1.29 is 0 Å². The number of nitrogens with one attached hydrogen (secondary N) is 1. The molecule has 0 bridgehead atoms. The lowest BCUT2D eigenvalue weighted by molar-refractivity contribution is 0.302. The molecular weight excluding hydrogens is 328 g/mol. The molecule has 7 nitrogen and oxygen atoms in total. The Balaban J connectivity index is 1.29. The number of hydrogen-bond acceptors (Lipinski definition) is 5. The van der Waals surface area contributed by atoms with Crippen molar-refractivity contribution in [2.24, 2.45) is 0 Å². The normalized spacial score (nSPS) is 22.5. The van der Waals surface area contributed by atoms with Crippen LogP contribution in [0.1, 0.15) is 49.4 Å². The Kier molecular flexibility index (Phi) is 3.72. The van der Waals surface area contributed by atoms with Crippen LogP contribution in [0, 0.1) is 0 Å². The predicted octanol–water partition coefficient (Wildman–Crippen LogP) is 2.37. The number of nitrogens with zero attached hydrogens (tertiary/aromatic N) is 5. The maximum atomic E-state index is 12.4. The van der Waals surface area contributed by atoms with Crippen LogP contribution in [0.5, 0.6) is 0 Å². The molecule has 0 saturated heterocycles. The first kappa shape index (κ1) is 15.5. The van der Waals surface area contributed by atoms with Gasteiger partial charge < -0.3 is 5.32 Å². The molecule has 0 radical (unpaired) electrons. The predicted molar refractivity (Wildman–Crippen MR) is 98.4 cm³/mol. The Morgan fingerprint density at radius 2 is 2.00 bits per heavy atom. The minimum Gasteiger partial charge on any atom is -0.366 e. The van der Waals surface area contributed by atoms with Crippen LogP contribution >= 0.6 is 0 Å². The highest BCUT2D eigenvalue weighted by atomic mass is 16.1. The monoisotopic (exact) mass is 350 g/mol. The number of hydrogen-bond donors (Lipinski definition) is 1. The first-order valence-corrected chi connectivity index (χ1v) is 9.44. The van der Waals surface area contributed by atoms with Crippen LogP contribution in [-0.2, 0) is 12.8 Å². The van der Waals surface area contributed by atoms with E-state index in [1.54, 1.807) is 17.1 Å². The summed E-state index contributed by atoms with van der Waals surface area (Å²) in [5, 5.41) is 12.5. The van der Waals surface area contributed by atoms with Crippen molar-refractivity contribution in [1.82, 2.24) is 24.4 Å². The second-order valence-electron chi connectivity index (χ2n) is 7.34. The van der Waals surface area contributed by atoms with E-state index in [9.17, 15) is 4.79 Å².